The van der Waals surface area contributed by atoms with Crippen LogP contribution in [0.4, 0.5) is 0 Å². The summed E-state index contributed by atoms with van der Waals surface area (Å²) in [6.07, 6.45) is 3.66. The van der Waals surface area contributed by atoms with Crippen molar-refractivity contribution in [2.75, 3.05) is 26.2 Å². The minimum Gasteiger partial charge on any atom is -0.374 e. The zero-order valence-corrected chi connectivity index (χ0v) is 19.6. The molecule has 1 heterocycles. The van der Waals surface area contributed by atoms with Crippen LogP contribution in [-0.4, -0.2) is 37.2 Å². The van der Waals surface area contributed by atoms with Crippen LogP contribution in [0.2, 0.25) is 5.15 Å². The van der Waals surface area contributed by atoms with Gasteiger partial charge >= 0.3 is 0 Å². The first-order valence-electron chi connectivity index (χ1n) is 9.48. The van der Waals surface area contributed by atoms with Crippen molar-refractivity contribution in [1.29, 1.82) is 0 Å². The maximum absolute atomic E-state index is 5.89. The van der Waals surface area contributed by atoms with Crippen LogP contribution in [-0.2, 0) is 11.2 Å². The molecule has 0 fully saturated rings. The second-order valence-corrected chi connectivity index (χ2v) is 6.59. The fraction of sp³-hybridized carbons (Fsp3) is 0.429. The second kappa shape index (κ2) is 14.6. The highest BCUT2D eigenvalue weighted by atomic mass is 127. The van der Waals surface area contributed by atoms with Crippen molar-refractivity contribution >= 4 is 41.5 Å². The molecule has 0 aliphatic carbocycles. The second-order valence-electron chi connectivity index (χ2n) is 6.20. The van der Waals surface area contributed by atoms with Crippen LogP contribution in [0.1, 0.15) is 37.5 Å². The molecule has 0 aliphatic rings. The molecule has 5 nitrogen and oxygen atoms in total. The molecule has 1 aromatic heterocycles. The number of pyridine rings is 1. The first kappa shape index (κ1) is 24.7. The Morgan fingerprint density at radius 2 is 1.96 bits per heavy atom. The average molecular weight is 517 g/mol. The Morgan fingerprint density at radius 3 is 2.64 bits per heavy atom. The van der Waals surface area contributed by atoms with Crippen molar-refractivity contribution in [2.24, 2.45) is 4.99 Å². The number of ether oxygens (including phenoxy) is 1. The van der Waals surface area contributed by atoms with Gasteiger partial charge in [0.25, 0.3) is 0 Å². The maximum Gasteiger partial charge on any atom is 0.191 e. The van der Waals surface area contributed by atoms with Gasteiger partial charge in [-0.3, -0.25) is 4.99 Å². The summed E-state index contributed by atoms with van der Waals surface area (Å²) in [6, 6.07) is 14.1. The van der Waals surface area contributed by atoms with Gasteiger partial charge in [0.2, 0.25) is 0 Å². The number of nitrogens with zero attached hydrogens (tertiary/aromatic N) is 2. The summed E-state index contributed by atoms with van der Waals surface area (Å²) in [7, 11) is 0. The lowest BCUT2D eigenvalue weighted by Crippen LogP contribution is -2.38. The Morgan fingerprint density at radius 1 is 1.18 bits per heavy atom. The Balaban J connectivity index is 0.00000392. The Bertz CT molecular complexity index is 683. The summed E-state index contributed by atoms with van der Waals surface area (Å²) in [5, 5.41) is 7.13. The lowest BCUT2D eigenvalue weighted by atomic mass is 10.1. The van der Waals surface area contributed by atoms with E-state index in [1.54, 1.807) is 6.20 Å². The van der Waals surface area contributed by atoms with E-state index in [0.717, 1.165) is 44.0 Å². The Kier molecular flexibility index (Phi) is 12.9. The zero-order chi connectivity index (χ0) is 19.3. The smallest absolute Gasteiger partial charge is 0.191 e. The number of guanidine groups is 1. The SMILES string of the molecule is CCNC(=NCCCOC(C)c1ccccc1)NCCc1ccc(Cl)nc1.I. The molecule has 1 atom stereocenters. The fourth-order valence-corrected chi connectivity index (χ4v) is 2.67. The van der Waals surface area contributed by atoms with E-state index in [1.165, 1.54) is 5.56 Å². The number of benzene rings is 1. The number of halogens is 2. The minimum absolute atomic E-state index is 0. The van der Waals surface area contributed by atoms with Crippen LogP contribution < -0.4 is 10.6 Å². The molecular weight excluding hydrogens is 487 g/mol. The van der Waals surface area contributed by atoms with Gasteiger partial charge in [-0.2, -0.15) is 0 Å². The predicted molar refractivity (Wildman–Crippen MR) is 128 cm³/mol. The number of hydrogen-bond acceptors (Lipinski definition) is 3. The van der Waals surface area contributed by atoms with Crippen LogP contribution >= 0.6 is 35.6 Å². The van der Waals surface area contributed by atoms with Crippen LogP contribution in [0, 0.1) is 0 Å². The van der Waals surface area contributed by atoms with Gasteiger partial charge in [-0.15, -0.1) is 24.0 Å². The van der Waals surface area contributed by atoms with Crippen LogP contribution in [0.3, 0.4) is 0 Å². The molecule has 0 radical (unpaired) electrons. The third-order valence-corrected chi connectivity index (χ3v) is 4.27. The molecule has 154 valence electrons. The van der Waals surface area contributed by atoms with Gasteiger partial charge < -0.3 is 15.4 Å². The van der Waals surface area contributed by atoms with Crippen molar-refractivity contribution in [1.82, 2.24) is 15.6 Å². The number of nitrogens with one attached hydrogen (secondary N) is 2. The first-order chi connectivity index (χ1) is 13.2. The van der Waals surface area contributed by atoms with Gasteiger partial charge in [0.05, 0.1) is 6.10 Å². The highest BCUT2D eigenvalue weighted by molar-refractivity contribution is 14.0. The topological polar surface area (TPSA) is 58.5 Å². The molecule has 2 aromatic rings. The molecule has 2 rings (SSSR count). The highest BCUT2D eigenvalue weighted by Crippen LogP contribution is 2.15. The predicted octanol–water partition coefficient (Wildman–Crippen LogP) is 4.62. The summed E-state index contributed by atoms with van der Waals surface area (Å²) in [4.78, 5) is 8.70. The molecular formula is C21H30ClIN4O. The van der Waals surface area contributed by atoms with E-state index in [-0.39, 0.29) is 30.1 Å². The monoisotopic (exact) mass is 516 g/mol. The minimum atomic E-state index is 0. The van der Waals surface area contributed by atoms with E-state index < -0.39 is 0 Å². The summed E-state index contributed by atoms with van der Waals surface area (Å²) in [5.41, 5.74) is 2.35. The molecule has 28 heavy (non-hydrogen) atoms. The first-order valence-corrected chi connectivity index (χ1v) is 9.86. The highest BCUT2D eigenvalue weighted by Gasteiger charge is 2.04. The van der Waals surface area contributed by atoms with Crippen molar-refractivity contribution in [3.63, 3.8) is 0 Å². The van der Waals surface area contributed by atoms with Crippen molar-refractivity contribution in [2.45, 2.75) is 32.8 Å². The van der Waals surface area contributed by atoms with Gasteiger partial charge in [-0.05, 0) is 43.9 Å². The molecule has 1 aromatic carbocycles. The molecule has 0 spiro atoms. The van der Waals surface area contributed by atoms with E-state index in [1.807, 2.05) is 30.3 Å². The lowest BCUT2D eigenvalue weighted by molar-refractivity contribution is 0.0652. The normalized spacial score (nSPS) is 12.2. The number of hydrogen-bond donors (Lipinski definition) is 2. The summed E-state index contributed by atoms with van der Waals surface area (Å²) in [6.45, 7) is 7.17. The van der Waals surface area contributed by atoms with Crippen LogP contribution in [0.5, 0.6) is 0 Å². The molecule has 0 saturated carbocycles. The maximum atomic E-state index is 5.89. The molecule has 0 bridgehead atoms. The standard InChI is InChI=1S/C21H29ClN4O.HI/c1-3-23-21(25-14-12-18-10-11-20(22)26-16-18)24-13-7-15-27-17(2)19-8-5-4-6-9-19;/h4-6,8-11,16-17H,3,7,12-15H2,1-2H3,(H2,23,24,25);1H. The zero-order valence-electron chi connectivity index (χ0n) is 16.5. The molecule has 0 saturated heterocycles. The van der Waals surface area contributed by atoms with Crippen molar-refractivity contribution in [3.05, 3.63) is 64.9 Å². The van der Waals surface area contributed by atoms with Gasteiger partial charge in [-0.25, -0.2) is 4.98 Å². The number of aromatic nitrogens is 1. The van der Waals surface area contributed by atoms with E-state index in [2.05, 4.69) is 46.6 Å². The molecule has 2 N–H and O–H groups in total. The number of aliphatic imine (C=N–C) groups is 1. The Hall–Kier alpha value is -1.38. The molecule has 0 amide bonds. The van der Waals surface area contributed by atoms with Crippen molar-refractivity contribution in [3.8, 4) is 0 Å². The fourth-order valence-electron chi connectivity index (χ4n) is 2.56. The lowest BCUT2D eigenvalue weighted by Gasteiger charge is -2.13. The molecule has 0 aliphatic heterocycles. The third kappa shape index (κ3) is 9.71. The molecule has 1 unspecified atom stereocenters. The van der Waals surface area contributed by atoms with Gasteiger partial charge in [0, 0.05) is 32.4 Å². The van der Waals surface area contributed by atoms with Gasteiger partial charge in [0.15, 0.2) is 5.96 Å². The van der Waals surface area contributed by atoms with E-state index >= 15 is 0 Å². The summed E-state index contributed by atoms with van der Waals surface area (Å²) < 4.78 is 5.89. The third-order valence-electron chi connectivity index (χ3n) is 4.05. The summed E-state index contributed by atoms with van der Waals surface area (Å²) in [5.74, 6) is 0.829. The van der Waals surface area contributed by atoms with E-state index in [4.69, 9.17) is 16.3 Å². The number of rotatable bonds is 10. The summed E-state index contributed by atoms with van der Waals surface area (Å²) >= 11 is 5.81. The van der Waals surface area contributed by atoms with E-state index in [0.29, 0.717) is 11.8 Å². The molecule has 7 heteroatoms. The van der Waals surface area contributed by atoms with E-state index in [9.17, 15) is 0 Å². The quantitative estimate of drug-likeness (QED) is 0.159. The average Bonchev–Trinajstić information content (AvgIpc) is 2.69. The van der Waals surface area contributed by atoms with Gasteiger partial charge in [-0.1, -0.05) is 48.0 Å². The largest absolute Gasteiger partial charge is 0.374 e. The Labute approximate surface area is 190 Å². The van der Waals surface area contributed by atoms with Crippen LogP contribution in [0.15, 0.2) is 53.7 Å². The van der Waals surface area contributed by atoms with Crippen LogP contribution in [0.25, 0.3) is 0 Å². The van der Waals surface area contributed by atoms with Crippen molar-refractivity contribution < 1.29 is 4.74 Å². The van der Waals surface area contributed by atoms with Gasteiger partial charge in [0.1, 0.15) is 5.15 Å².